The molecular formula is C26H21NO5. The first-order chi connectivity index (χ1) is 15.4. The van der Waals surface area contributed by atoms with Gasteiger partial charge in [-0.3, -0.25) is 4.79 Å². The van der Waals surface area contributed by atoms with E-state index in [9.17, 15) is 14.4 Å². The fraction of sp³-hybridized carbons (Fsp3) is 0.115. The van der Waals surface area contributed by atoms with Crippen molar-refractivity contribution in [1.82, 2.24) is 0 Å². The highest BCUT2D eigenvalue weighted by Crippen LogP contribution is 2.24. The minimum atomic E-state index is -0.612. The molecule has 160 valence electrons. The predicted octanol–water partition coefficient (Wildman–Crippen LogP) is 5.02. The Bertz CT molecular complexity index is 1370. The predicted molar refractivity (Wildman–Crippen MR) is 122 cm³/mol. The molecule has 4 aromatic rings. The number of para-hydroxylation sites is 1. The molecule has 0 bridgehead atoms. The molecule has 0 saturated carbocycles. The Morgan fingerprint density at radius 1 is 0.938 bits per heavy atom. The van der Waals surface area contributed by atoms with Gasteiger partial charge in [-0.15, -0.1) is 0 Å². The number of rotatable bonds is 5. The van der Waals surface area contributed by atoms with E-state index in [1.54, 1.807) is 48.5 Å². The number of fused-ring (bicyclic) bond motifs is 1. The van der Waals surface area contributed by atoms with Crippen molar-refractivity contribution in [3.8, 4) is 0 Å². The Labute approximate surface area is 184 Å². The molecule has 6 heteroatoms. The van der Waals surface area contributed by atoms with E-state index in [2.05, 4.69) is 5.32 Å². The highest BCUT2D eigenvalue weighted by molar-refractivity contribution is 6.08. The number of esters is 1. The molecule has 6 nitrogen and oxygen atoms in total. The smallest absolute Gasteiger partial charge is 0.340 e. The van der Waals surface area contributed by atoms with Gasteiger partial charge in [-0.25, -0.2) is 9.59 Å². The number of nitrogens with one attached hydrogen (secondary N) is 1. The second-order valence-corrected chi connectivity index (χ2v) is 7.42. The molecule has 0 aliphatic heterocycles. The van der Waals surface area contributed by atoms with Crippen LogP contribution in [0.3, 0.4) is 0 Å². The van der Waals surface area contributed by atoms with E-state index in [0.717, 1.165) is 11.1 Å². The van der Waals surface area contributed by atoms with Crippen LogP contribution >= 0.6 is 0 Å². The lowest BCUT2D eigenvalue weighted by Gasteiger charge is -2.12. The molecule has 3 aromatic carbocycles. The van der Waals surface area contributed by atoms with Crippen LogP contribution < -0.4 is 10.9 Å². The van der Waals surface area contributed by atoms with Crippen molar-refractivity contribution in [2.45, 2.75) is 20.5 Å². The number of anilines is 1. The molecule has 0 unspecified atom stereocenters. The second-order valence-electron chi connectivity index (χ2n) is 7.42. The van der Waals surface area contributed by atoms with Gasteiger partial charge in [-0.2, -0.15) is 0 Å². The molecule has 4 rings (SSSR count). The van der Waals surface area contributed by atoms with Crippen molar-refractivity contribution in [3.05, 3.63) is 111 Å². The molecule has 0 radical (unpaired) electrons. The highest BCUT2D eigenvalue weighted by Gasteiger charge is 2.17. The maximum absolute atomic E-state index is 12.8. The van der Waals surface area contributed by atoms with E-state index in [-0.39, 0.29) is 18.1 Å². The van der Waals surface area contributed by atoms with Gasteiger partial charge >= 0.3 is 11.6 Å². The summed E-state index contributed by atoms with van der Waals surface area (Å²) in [6.07, 6.45) is 0. The van der Waals surface area contributed by atoms with Crippen LogP contribution in [0.5, 0.6) is 0 Å². The highest BCUT2D eigenvalue weighted by atomic mass is 16.5. The molecule has 0 spiro atoms. The van der Waals surface area contributed by atoms with Crippen LogP contribution in [0.2, 0.25) is 0 Å². The number of aryl methyl sites for hydroxylation is 2. The Kier molecular flexibility index (Phi) is 5.85. The monoisotopic (exact) mass is 427 g/mol. The normalized spacial score (nSPS) is 10.7. The van der Waals surface area contributed by atoms with Crippen molar-refractivity contribution in [2.24, 2.45) is 0 Å². The summed E-state index contributed by atoms with van der Waals surface area (Å²) in [5, 5.41) is 3.47. The molecular weight excluding hydrogens is 406 g/mol. The van der Waals surface area contributed by atoms with Crippen LogP contribution in [0, 0.1) is 13.8 Å². The van der Waals surface area contributed by atoms with E-state index in [4.69, 9.17) is 9.15 Å². The van der Waals surface area contributed by atoms with Gasteiger partial charge in [0.1, 0.15) is 12.2 Å². The average molecular weight is 427 g/mol. The third-order valence-electron chi connectivity index (χ3n) is 5.31. The number of hydrogen-bond acceptors (Lipinski definition) is 5. The van der Waals surface area contributed by atoms with Gasteiger partial charge in [0, 0.05) is 22.6 Å². The molecule has 1 aromatic heterocycles. The fourth-order valence-corrected chi connectivity index (χ4v) is 3.42. The molecule has 0 aliphatic carbocycles. The van der Waals surface area contributed by atoms with E-state index < -0.39 is 11.6 Å². The standard InChI is InChI=1S/C26H21NO5/c1-16-12-13-20-19(14-23(28)32-24(20)17(16)2)15-31-26(30)21-10-6-7-11-22(21)27-25(29)18-8-4-3-5-9-18/h3-14H,15H2,1-2H3,(H,27,29). The minimum absolute atomic E-state index is 0.107. The Morgan fingerprint density at radius 3 is 2.44 bits per heavy atom. The average Bonchev–Trinajstić information content (AvgIpc) is 2.81. The lowest BCUT2D eigenvalue weighted by molar-refractivity contribution is 0.0475. The summed E-state index contributed by atoms with van der Waals surface area (Å²) < 4.78 is 10.9. The first-order valence-electron chi connectivity index (χ1n) is 10.1. The number of amides is 1. The first-order valence-corrected chi connectivity index (χ1v) is 10.1. The van der Waals surface area contributed by atoms with E-state index >= 15 is 0 Å². The number of ether oxygens (including phenoxy) is 1. The largest absolute Gasteiger partial charge is 0.457 e. The number of hydrogen-bond donors (Lipinski definition) is 1. The van der Waals surface area contributed by atoms with Crippen molar-refractivity contribution in [2.75, 3.05) is 5.32 Å². The zero-order valence-electron chi connectivity index (χ0n) is 17.7. The lowest BCUT2D eigenvalue weighted by atomic mass is 10.0. The van der Waals surface area contributed by atoms with Crippen LogP contribution in [-0.2, 0) is 11.3 Å². The van der Waals surface area contributed by atoms with Gasteiger partial charge in [-0.05, 0) is 49.2 Å². The zero-order chi connectivity index (χ0) is 22.7. The maximum atomic E-state index is 12.8. The van der Waals surface area contributed by atoms with E-state index in [1.165, 1.54) is 6.07 Å². The second kappa shape index (κ2) is 8.89. The van der Waals surface area contributed by atoms with Crippen LogP contribution in [0.15, 0.2) is 82.0 Å². The summed E-state index contributed by atoms with van der Waals surface area (Å²) in [7, 11) is 0. The maximum Gasteiger partial charge on any atom is 0.340 e. The van der Waals surface area contributed by atoms with Crippen molar-refractivity contribution < 1.29 is 18.7 Å². The summed E-state index contributed by atoms with van der Waals surface area (Å²) in [6, 6.07) is 20.4. The van der Waals surface area contributed by atoms with E-state index in [0.29, 0.717) is 27.8 Å². The minimum Gasteiger partial charge on any atom is -0.457 e. The molecule has 1 amide bonds. The van der Waals surface area contributed by atoms with Gasteiger partial charge in [-0.1, -0.05) is 42.5 Å². The Hall–Kier alpha value is -4.19. The number of carbonyl (C=O) groups excluding carboxylic acids is 2. The molecule has 0 saturated heterocycles. The van der Waals surface area contributed by atoms with Crippen molar-refractivity contribution >= 4 is 28.5 Å². The lowest BCUT2D eigenvalue weighted by Crippen LogP contribution is -2.16. The third kappa shape index (κ3) is 4.30. The van der Waals surface area contributed by atoms with Crippen LogP contribution in [0.25, 0.3) is 11.0 Å². The van der Waals surface area contributed by atoms with Gasteiger partial charge in [0.2, 0.25) is 0 Å². The van der Waals surface area contributed by atoms with Crippen LogP contribution in [-0.4, -0.2) is 11.9 Å². The zero-order valence-corrected chi connectivity index (χ0v) is 17.7. The first kappa shape index (κ1) is 21.1. The third-order valence-corrected chi connectivity index (χ3v) is 5.31. The molecule has 0 atom stereocenters. The van der Waals surface area contributed by atoms with Crippen LogP contribution in [0.1, 0.15) is 37.4 Å². The van der Waals surface area contributed by atoms with Crippen molar-refractivity contribution in [1.29, 1.82) is 0 Å². The molecule has 1 N–H and O–H groups in total. The van der Waals surface area contributed by atoms with Gasteiger partial charge < -0.3 is 14.5 Å². The van der Waals surface area contributed by atoms with Gasteiger partial charge in [0.15, 0.2) is 0 Å². The molecule has 0 fully saturated rings. The molecule has 0 aliphatic rings. The Balaban J connectivity index is 1.57. The number of benzene rings is 3. The summed E-state index contributed by atoms with van der Waals surface area (Å²) in [4.78, 5) is 37.4. The quantitative estimate of drug-likeness (QED) is 0.357. The van der Waals surface area contributed by atoms with Gasteiger partial charge in [0.05, 0.1) is 11.3 Å². The fourth-order valence-electron chi connectivity index (χ4n) is 3.42. The molecule has 32 heavy (non-hydrogen) atoms. The molecule has 1 heterocycles. The summed E-state index contributed by atoms with van der Waals surface area (Å²) >= 11 is 0. The summed E-state index contributed by atoms with van der Waals surface area (Å²) in [5.41, 5.74) is 3.43. The van der Waals surface area contributed by atoms with Crippen molar-refractivity contribution in [3.63, 3.8) is 0 Å². The topological polar surface area (TPSA) is 85.6 Å². The number of carbonyl (C=O) groups is 2. The van der Waals surface area contributed by atoms with E-state index in [1.807, 2.05) is 32.0 Å². The van der Waals surface area contributed by atoms with Gasteiger partial charge in [0.25, 0.3) is 5.91 Å². The Morgan fingerprint density at radius 2 is 1.66 bits per heavy atom. The summed E-state index contributed by atoms with van der Waals surface area (Å²) in [5.74, 6) is -0.942. The van der Waals surface area contributed by atoms with Crippen LogP contribution in [0.4, 0.5) is 5.69 Å². The summed E-state index contributed by atoms with van der Waals surface area (Å²) in [6.45, 7) is 3.70. The SMILES string of the molecule is Cc1ccc2c(COC(=O)c3ccccc3NC(=O)c3ccccc3)cc(=O)oc2c1C.